The number of rotatable bonds is 1. The van der Waals surface area contributed by atoms with Crippen LogP contribution in [0, 0.1) is 23.2 Å². The van der Waals surface area contributed by atoms with Gasteiger partial charge in [-0.05, 0) is 49.5 Å². The normalized spacial score (nSPS) is 42.7. The Balaban J connectivity index is 2.27. The van der Waals surface area contributed by atoms with Crippen LogP contribution in [-0.2, 0) is 4.79 Å². The van der Waals surface area contributed by atoms with Crippen molar-refractivity contribution in [3.63, 3.8) is 0 Å². The molecular formula is C15H24O3. The van der Waals surface area contributed by atoms with E-state index in [1.807, 2.05) is 6.92 Å². The van der Waals surface area contributed by atoms with Gasteiger partial charge < -0.3 is 10.2 Å². The minimum absolute atomic E-state index is 0.100. The third kappa shape index (κ3) is 2.26. The maximum Gasteiger partial charge on any atom is 0.184 e. The van der Waals surface area contributed by atoms with Gasteiger partial charge in [0.15, 0.2) is 5.78 Å². The van der Waals surface area contributed by atoms with Crippen molar-refractivity contribution in [3.8, 4) is 0 Å². The van der Waals surface area contributed by atoms with E-state index in [0.717, 1.165) is 24.8 Å². The molecule has 0 spiro atoms. The average Bonchev–Trinajstić information content (AvgIpc) is 2.30. The molecule has 0 aromatic carbocycles. The molecule has 0 aliphatic heterocycles. The average molecular weight is 252 g/mol. The lowest BCUT2D eigenvalue weighted by atomic mass is 9.50. The van der Waals surface area contributed by atoms with Crippen molar-refractivity contribution < 1.29 is 15.0 Å². The third-order valence-electron chi connectivity index (χ3n) is 4.98. The Morgan fingerprint density at radius 2 is 2.11 bits per heavy atom. The van der Waals surface area contributed by atoms with Crippen LogP contribution in [0.2, 0.25) is 0 Å². The first-order valence-corrected chi connectivity index (χ1v) is 6.87. The van der Waals surface area contributed by atoms with Crippen molar-refractivity contribution in [1.29, 1.82) is 0 Å². The number of fused-ring (bicyclic) bond motifs is 1. The molecule has 2 aliphatic rings. The van der Waals surface area contributed by atoms with Crippen molar-refractivity contribution in [3.05, 3.63) is 11.6 Å². The standard InChI is InChI=1S/C15H24O3/c1-9-4-5-12-10(7-15(12,2)3)11(8-16)14(18)13(17)6-9/h6,10-12,14,16,18H,4-5,7-8H2,1-3H3/b9-6-/t10-,11+,12+,14+/m1/s1. The second-order valence-corrected chi connectivity index (χ2v) is 6.69. The zero-order chi connectivity index (χ0) is 13.5. The van der Waals surface area contributed by atoms with E-state index in [1.165, 1.54) is 0 Å². The summed E-state index contributed by atoms with van der Waals surface area (Å²) in [6, 6.07) is 0. The van der Waals surface area contributed by atoms with Crippen LogP contribution in [-0.4, -0.2) is 28.7 Å². The predicted octanol–water partition coefficient (Wildman–Crippen LogP) is 1.93. The number of aliphatic hydroxyl groups is 2. The molecule has 2 N–H and O–H groups in total. The summed E-state index contributed by atoms with van der Waals surface area (Å²) >= 11 is 0. The Hall–Kier alpha value is -0.670. The van der Waals surface area contributed by atoms with Gasteiger partial charge in [0, 0.05) is 12.5 Å². The van der Waals surface area contributed by atoms with E-state index < -0.39 is 6.10 Å². The maximum atomic E-state index is 11.9. The molecule has 0 bridgehead atoms. The van der Waals surface area contributed by atoms with Crippen molar-refractivity contribution in [2.75, 3.05) is 6.61 Å². The zero-order valence-electron chi connectivity index (χ0n) is 11.5. The summed E-state index contributed by atoms with van der Waals surface area (Å²) in [5, 5.41) is 19.6. The summed E-state index contributed by atoms with van der Waals surface area (Å²) in [7, 11) is 0. The molecule has 4 atom stereocenters. The van der Waals surface area contributed by atoms with E-state index in [0.29, 0.717) is 5.92 Å². The highest BCUT2D eigenvalue weighted by atomic mass is 16.3. The first-order valence-electron chi connectivity index (χ1n) is 6.87. The summed E-state index contributed by atoms with van der Waals surface area (Å²) in [4.78, 5) is 11.9. The molecule has 0 aromatic rings. The van der Waals surface area contributed by atoms with Gasteiger partial charge in [0.1, 0.15) is 6.10 Å². The first kappa shape index (κ1) is 13.8. The zero-order valence-corrected chi connectivity index (χ0v) is 11.5. The number of carbonyl (C=O) groups excluding carboxylic acids is 1. The van der Waals surface area contributed by atoms with E-state index in [9.17, 15) is 15.0 Å². The van der Waals surface area contributed by atoms with Crippen molar-refractivity contribution in [1.82, 2.24) is 0 Å². The predicted molar refractivity (Wildman–Crippen MR) is 70.0 cm³/mol. The SMILES string of the molecule is C/C1=C/C(=O)[C@@H](O)[C@@H](CO)[C@H]2CC(C)(C)[C@H]2CC1. The fourth-order valence-electron chi connectivity index (χ4n) is 3.84. The van der Waals surface area contributed by atoms with Gasteiger partial charge in [-0.25, -0.2) is 0 Å². The van der Waals surface area contributed by atoms with Crippen LogP contribution in [0.3, 0.4) is 0 Å². The van der Waals surface area contributed by atoms with E-state index in [1.54, 1.807) is 6.08 Å². The van der Waals surface area contributed by atoms with Gasteiger partial charge >= 0.3 is 0 Å². The van der Waals surface area contributed by atoms with E-state index in [4.69, 9.17) is 0 Å². The highest BCUT2D eigenvalue weighted by Crippen LogP contribution is 2.56. The molecule has 0 amide bonds. The molecule has 2 rings (SSSR count). The Labute approximate surface area is 109 Å². The lowest BCUT2D eigenvalue weighted by molar-refractivity contribution is -0.136. The van der Waals surface area contributed by atoms with Crippen LogP contribution in [0.1, 0.15) is 40.0 Å². The molecule has 0 radical (unpaired) electrons. The number of ketones is 1. The van der Waals surface area contributed by atoms with Crippen LogP contribution in [0.5, 0.6) is 0 Å². The molecule has 0 unspecified atom stereocenters. The van der Waals surface area contributed by atoms with Crippen LogP contribution < -0.4 is 0 Å². The maximum absolute atomic E-state index is 11.9. The van der Waals surface area contributed by atoms with Crippen LogP contribution in [0.4, 0.5) is 0 Å². The molecule has 3 nitrogen and oxygen atoms in total. The summed E-state index contributed by atoms with van der Waals surface area (Å²) in [5.41, 5.74) is 1.31. The third-order valence-corrected chi connectivity index (χ3v) is 4.98. The van der Waals surface area contributed by atoms with Gasteiger partial charge in [-0.2, -0.15) is 0 Å². The molecule has 0 saturated heterocycles. The van der Waals surface area contributed by atoms with Crippen LogP contribution in [0.25, 0.3) is 0 Å². The number of hydrogen-bond donors (Lipinski definition) is 2. The van der Waals surface area contributed by atoms with E-state index in [-0.39, 0.29) is 29.6 Å². The monoisotopic (exact) mass is 252 g/mol. The van der Waals surface area contributed by atoms with Crippen LogP contribution >= 0.6 is 0 Å². The molecular weight excluding hydrogens is 228 g/mol. The van der Waals surface area contributed by atoms with Gasteiger partial charge in [0.25, 0.3) is 0 Å². The molecule has 1 saturated carbocycles. The summed E-state index contributed by atoms with van der Waals surface area (Å²) in [6.45, 7) is 6.34. The lowest BCUT2D eigenvalue weighted by Gasteiger charge is -2.55. The first-order chi connectivity index (χ1) is 8.36. The Morgan fingerprint density at radius 3 is 2.67 bits per heavy atom. The summed E-state index contributed by atoms with van der Waals surface area (Å²) in [5.74, 6) is 0.247. The molecule has 0 heterocycles. The van der Waals surface area contributed by atoms with Crippen molar-refractivity contribution in [2.45, 2.75) is 46.1 Å². The number of allylic oxidation sites excluding steroid dienone is 1. The highest BCUT2D eigenvalue weighted by Gasteiger charge is 2.51. The minimum atomic E-state index is -1.04. The van der Waals surface area contributed by atoms with Gasteiger partial charge in [-0.15, -0.1) is 0 Å². The number of hydrogen-bond acceptors (Lipinski definition) is 3. The van der Waals surface area contributed by atoms with E-state index in [2.05, 4.69) is 13.8 Å². The summed E-state index contributed by atoms with van der Waals surface area (Å²) in [6.07, 6.45) is 3.49. The second kappa shape index (κ2) is 4.78. The Bertz CT molecular complexity index is 370. The molecule has 102 valence electrons. The molecule has 2 aliphatic carbocycles. The smallest absolute Gasteiger partial charge is 0.184 e. The van der Waals surface area contributed by atoms with Gasteiger partial charge in [0.05, 0.1) is 0 Å². The molecule has 3 heteroatoms. The molecule has 0 aromatic heterocycles. The van der Waals surface area contributed by atoms with Gasteiger partial charge in [0.2, 0.25) is 0 Å². The largest absolute Gasteiger partial charge is 0.396 e. The van der Waals surface area contributed by atoms with Crippen molar-refractivity contribution in [2.24, 2.45) is 23.2 Å². The highest BCUT2D eigenvalue weighted by molar-refractivity contribution is 5.94. The van der Waals surface area contributed by atoms with Gasteiger partial charge in [-0.1, -0.05) is 19.4 Å². The van der Waals surface area contributed by atoms with E-state index >= 15 is 0 Å². The minimum Gasteiger partial charge on any atom is -0.396 e. The van der Waals surface area contributed by atoms with Crippen molar-refractivity contribution >= 4 is 5.78 Å². The molecule has 18 heavy (non-hydrogen) atoms. The van der Waals surface area contributed by atoms with Crippen LogP contribution in [0.15, 0.2) is 11.6 Å². The molecule has 1 fully saturated rings. The lowest BCUT2D eigenvalue weighted by Crippen LogP contribution is -2.51. The summed E-state index contributed by atoms with van der Waals surface area (Å²) < 4.78 is 0. The fourth-order valence-corrected chi connectivity index (χ4v) is 3.84. The quantitative estimate of drug-likeness (QED) is 0.749. The Kier molecular flexibility index (Phi) is 3.65. The number of carbonyl (C=O) groups is 1. The topological polar surface area (TPSA) is 57.5 Å². The Morgan fingerprint density at radius 1 is 1.44 bits per heavy atom. The second-order valence-electron chi connectivity index (χ2n) is 6.69. The van der Waals surface area contributed by atoms with Gasteiger partial charge in [-0.3, -0.25) is 4.79 Å². The number of aliphatic hydroxyl groups excluding tert-OH is 2. The fraction of sp³-hybridized carbons (Fsp3) is 0.800.